The van der Waals surface area contributed by atoms with E-state index in [0.29, 0.717) is 0 Å². The van der Waals surface area contributed by atoms with Gasteiger partial charge < -0.3 is 40.9 Å². The van der Waals surface area contributed by atoms with Gasteiger partial charge in [-0.1, -0.05) is 0 Å². The number of hydrogen-bond donors (Lipinski definition) is 10. The van der Waals surface area contributed by atoms with Crippen LogP contribution in [0.4, 0.5) is 0 Å². The molecular formula is C6H16N2O8. The van der Waals surface area contributed by atoms with Crippen LogP contribution in [0.1, 0.15) is 0 Å². The molecular weight excluding hydrogens is 228 g/mol. The van der Waals surface area contributed by atoms with Crippen molar-refractivity contribution in [2.45, 2.75) is 36.2 Å². The van der Waals surface area contributed by atoms with E-state index >= 15 is 0 Å². The highest BCUT2D eigenvalue weighted by molar-refractivity contribution is 4.88. The maximum atomic E-state index is 9.34. The van der Waals surface area contributed by atoms with Gasteiger partial charge in [0.25, 0.3) is 0 Å². The van der Waals surface area contributed by atoms with Crippen LogP contribution in [0.25, 0.3) is 0 Å². The minimum Gasteiger partial charge on any atom is -0.387 e. The van der Waals surface area contributed by atoms with E-state index in [2.05, 4.69) is 10.2 Å². The smallest absolute Gasteiger partial charge is 0.249 e. The molecule has 0 spiro atoms. The van der Waals surface area contributed by atoms with Crippen LogP contribution in [-0.2, 0) is 0 Å². The predicted octanol–water partition coefficient (Wildman–Crippen LogP) is -6.38. The Morgan fingerprint density at radius 3 is 1.25 bits per heavy atom. The molecule has 0 aromatic rings. The highest BCUT2D eigenvalue weighted by atomic mass is 16.6. The standard InChI is InChI=1S/C6H16N2O8/c7-5(13,14)3(11)1(9)2(10)4(12)6(8,15)16/h1-4,9-16H,7-8H2/t1-,2-,3-,4-/m0/s1/i13D,15D/t1-,2-,3-,4-,5?,6?. The van der Waals surface area contributed by atoms with Crippen molar-refractivity contribution in [1.82, 2.24) is 0 Å². The molecule has 0 saturated heterocycles. The number of aliphatic hydroxyl groups excluding tert-OH is 4. The highest BCUT2D eigenvalue weighted by Gasteiger charge is 2.45. The summed E-state index contributed by atoms with van der Waals surface area (Å²) in [6, 6.07) is 0. The quantitative estimate of drug-likeness (QED) is 0.192. The molecule has 16 heavy (non-hydrogen) atoms. The molecule has 0 bridgehead atoms. The molecule has 0 aromatic heterocycles. The summed E-state index contributed by atoms with van der Waals surface area (Å²) < 4.78 is 12.6. The average Bonchev–Trinajstić information content (AvgIpc) is 2.34. The molecule has 10 nitrogen and oxygen atoms in total. The van der Waals surface area contributed by atoms with E-state index in [1.54, 1.807) is 0 Å². The molecule has 0 amide bonds. The van der Waals surface area contributed by atoms with Gasteiger partial charge in [-0.05, 0) is 0 Å². The molecule has 0 radical (unpaired) electrons. The Morgan fingerprint density at radius 2 is 1.06 bits per heavy atom. The van der Waals surface area contributed by atoms with Crippen LogP contribution in [0.5, 0.6) is 0 Å². The SMILES string of the molecule is [2H]OC(N)(O)[C@@H](O)[C@@H](O)[C@H](O)[C@H](O)C(N)(O)O[2H]. The molecule has 0 saturated carbocycles. The van der Waals surface area contributed by atoms with Gasteiger partial charge >= 0.3 is 0 Å². The van der Waals surface area contributed by atoms with Gasteiger partial charge in [0, 0.05) is 0 Å². The molecule has 0 aliphatic rings. The first-order chi connectivity index (χ1) is 8.01. The van der Waals surface area contributed by atoms with Crippen LogP contribution < -0.4 is 11.5 Å². The van der Waals surface area contributed by atoms with Crippen molar-refractivity contribution in [2.75, 3.05) is 0 Å². The summed E-state index contributed by atoms with van der Waals surface area (Å²) in [6.45, 7) is 0. The monoisotopic (exact) mass is 246 g/mol. The minimum absolute atomic E-state index is 2.37. The summed E-state index contributed by atoms with van der Waals surface area (Å²) >= 11 is 0. The zero-order chi connectivity index (χ0) is 14.7. The molecule has 0 aliphatic heterocycles. The van der Waals surface area contributed by atoms with Crippen LogP contribution in [0, 0.1) is 0 Å². The number of hydrogen-bond acceptors (Lipinski definition) is 10. The zero-order valence-corrected chi connectivity index (χ0v) is 7.96. The van der Waals surface area contributed by atoms with Crippen molar-refractivity contribution < 1.29 is 40.9 Å². The highest BCUT2D eigenvalue weighted by Crippen LogP contribution is 2.14. The third kappa shape index (κ3) is 3.88. The van der Waals surface area contributed by atoms with E-state index in [1.807, 2.05) is 0 Å². The molecule has 10 heteroatoms. The fourth-order valence-electron chi connectivity index (χ4n) is 0.863. The topological polar surface area (TPSA) is 214 Å². The number of rotatable bonds is 7. The number of nitrogens with two attached hydrogens (primary N) is 2. The van der Waals surface area contributed by atoms with Crippen molar-refractivity contribution in [3.05, 3.63) is 0 Å². The lowest BCUT2D eigenvalue weighted by Gasteiger charge is -2.34. The Morgan fingerprint density at radius 1 is 0.812 bits per heavy atom. The van der Waals surface area contributed by atoms with Gasteiger partial charge in [-0.2, -0.15) is 0 Å². The van der Waals surface area contributed by atoms with Gasteiger partial charge in [0.2, 0.25) is 14.7 Å². The van der Waals surface area contributed by atoms with Gasteiger partial charge in [0.1, 0.15) is 12.2 Å². The van der Waals surface area contributed by atoms with Crippen molar-refractivity contribution >= 4 is 0 Å². The Labute approximate surface area is 92.6 Å². The maximum absolute atomic E-state index is 9.34. The first-order valence-corrected chi connectivity index (χ1v) is 4.04. The van der Waals surface area contributed by atoms with Gasteiger partial charge in [0.15, 0.2) is 12.2 Å². The minimum atomic E-state index is -3.05. The first-order valence-electron chi connectivity index (χ1n) is 4.86. The van der Waals surface area contributed by atoms with E-state index in [-0.39, 0.29) is 0 Å². The summed E-state index contributed by atoms with van der Waals surface area (Å²) in [5.74, 6) is -6.09. The van der Waals surface area contributed by atoms with Gasteiger partial charge in [0.05, 0.1) is 0 Å². The van der Waals surface area contributed by atoms with E-state index in [9.17, 15) is 20.4 Å². The zero-order valence-electron chi connectivity index (χ0n) is 9.96. The molecule has 6 atom stereocenters. The first kappa shape index (κ1) is 12.1. The van der Waals surface area contributed by atoms with E-state index in [0.717, 1.165) is 0 Å². The van der Waals surface area contributed by atoms with Crippen molar-refractivity contribution in [3.63, 3.8) is 0 Å². The Kier molecular flexibility index (Phi) is 3.66. The molecule has 98 valence electrons. The van der Waals surface area contributed by atoms with Gasteiger partial charge in [-0.3, -0.25) is 11.5 Å². The Bertz CT molecular complexity index is 242. The fraction of sp³-hybridized carbons (Fsp3) is 1.00. The molecule has 0 heterocycles. The second-order valence-corrected chi connectivity index (χ2v) is 3.37. The second-order valence-electron chi connectivity index (χ2n) is 3.37. The predicted molar refractivity (Wildman–Crippen MR) is 46.7 cm³/mol. The van der Waals surface area contributed by atoms with E-state index < -0.39 is 36.2 Å². The normalized spacial score (nSPS) is 29.0. The Hall–Kier alpha value is -0.400. The molecule has 0 aliphatic carbocycles. The fourth-order valence-corrected chi connectivity index (χ4v) is 0.863. The van der Waals surface area contributed by atoms with E-state index in [1.165, 1.54) is 0 Å². The van der Waals surface area contributed by atoms with Crippen LogP contribution in [-0.4, -0.2) is 80.0 Å². The van der Waals surface area contributed by atoms with Crippen LogP contribution in [0.3, 0.4) is 0 Å². The lowest BCUT2D eigenvalue weighted by Crippen LogP contribution is -2.64. The van der Waals surface area contributed by atoms with E-state index in [4.69, 9.17) is 24.5 Å². The van der Waals surface area contributed by atoms with Crippen molar-refractivity contribution in [1.29, 1.82) is 2.86 Å². The lowest BCUT2D eigenvalue weighted by atomic mass is 9.99. The summed E-state index contributed by atoms with van der Waals surface area (Å²) in [5, 5.41) is 62.2. The third-order valence-corrected chi connectivity index (χ3v) is 1.84. The molecule has 12 N–H and O–H groups in total. The second kappa shape index (κ2) is 4.85. The average molecular weight is 246 g/mol. The number of aliphatic hydroxyl groups is 8. The van der Waals surface area contributed by atoms with Crippen LogP contribution in [0.2, 0.25) is 0 Å². The summed E-state index contributed by atoms with van der Waals surface area (Å²) in [7, 11) is 0. The van der Waals surface area contributed by atoms with Gasteiger partial charge in [-0.15, -0.1) is 0 Å². The van der Waals surface area contributed by atoms with Crippen LogP contribution in [0.15, 0.2) is 0 Å². The summed E-state index contributed by atoms with van der Waals surface area (Å²) in [6.07, 6.45) is -9.60. The maximum Gasteiger partial charge on any atom is 0.249 e. The van der Waals surface area contributed by atoms with Crippen molar-refractivity contribution in [2.24, 2.45) is 11.5 Å². The van der Waals surface area contributed by atoms with Crippen molar-refractivity contribution in [3.8, 4) is 0 Å². The largest absolute Gasteiger partial charge is 0.387 e. The van der Waals surface area contributed by atoms with Crippen LogP contribution >= 0.6 is 0 Å². The third-order valence-electron chi connectivity index (χ3n) is 1.84. The molecule has 2 unspecified atom stereocenters. The molecule has 0 fully saturated rings. The molecule has 0 rings (SSSR count). The summed E-state index contributed by atoms with van der Waals surface area (Å²) in [4.78, 5) is 0. The molecule has 0 aromatic carbocycles. The summed E-state index contributed by atoms with van der Waals surface area (Å²) in [5.41, 5.74) is 9.64. The lowest BCUT2D eigenvalue weighted by molar-refractivity contribution is -0.284. The Balaban J connectivity index is 4.84. The van der Waals surface area contributed by atoms with Gasteiger partial charge in [-0.25, -0.2) is 0 Å².